The summed E-state index contributed by atoms with van der Waals surface area (Å²) < 4.78 is 3.90. The van der Waals surface area contributed by atoms with Crippen LogP contribution in [0, 0.1) is 0 Å². The normalized spacial score (nSPS) is 17.2. The molecule has 0 aromatic carbocycles. The maximum atomic E-state index is 12.4. The SMILES string of the molecule is CC(C)c1nnsc1C(=O)N1CCN(CCO)CC1. The molecule has 0 spiro atoms. The molecule has 1 aliphatic rings. The van der Waals surface area contributed by atoms with Crippen LogP contribution in [-0.4, -0.2) is 69.7 Å². The molecule has 1 aromatic rings. The van der Waals surface area contributed by atoms with Gasteiger partial charge in [0, 0.05) is 32.7 Å². The van der Waals surface area contributed by atoms with E-state index in [0.29, 0.717) is 24.5 Å². The van der Waals surface area contributed by atoms with Crippen molar-refractivity contribution in [3.63, 3.8) is 0 Å². The van der Waals surface area contributed by atoms with E-state index in [1.165, 1.54) is 11.5 Å². The highest BCUT2D eigenvalue weighted by atomic mass is 32.1. The summed E-state index contributed by atoms with van der Waals surface area (Å²) >= 11 is 1.18. The van der Waals surface area contributed by atoms with Gasteiger partial charge in [-0.05, 0) is 17.5 Å². The van der Waals surface area contributed by atoms with Gasteiger partial charge in [-0.15, -0.1) is 5.10 Å². The smallest absolute Gasteiger partial charge is 0.267 e. The first-order chi connectivity index (χ1) is 9.13. The number of rotatable bonds is 4. The Morgan fingerprint density at radius 2 is 2.05 bits per heavy atom. The van der Waals surface area contributed by atoms with Gasteiger partial charge < -0.3 is 10.0 Å². The van der Waals surface area contributed by atoms with Gasteiger partial charge in [-0.25, -0.2) is 0 Å². The largest absolute Gasteiger partial charge is 0.395 e. The van der Waals surface area contributed by atoms with Gasteiger partial charge in [0.2, 0.25) is 0 Å². The molecule has 0 atom stereocenters. The molecule has 106 valence electrons. The average Bonchev–Trinajstić information content (AvgIpc) is 2.88. The van der Waals surface area contributed by atoms with E-state index in [-0.39, 0.29) is 18.4 Å². The fourth-order valence-electron chi connectivity index (χ4n) is 2.18. The second kappa shape index (κ2) is 6.40. The Kier molecular flexibility index (Phi) is 4.84. The number of piperazine rings is 1. The molecule has 0 aliphatic carbocycles. The number of amides is 1. The number of nitrogens with zero attached hydrogens (tertiary/aromatic N) is 4. The van der Waals surface area contributed by atoms with Gasteiger partial charge in [0.1, 0.15) is 4.88 Å². The molecular weight excluding hydrogens is 264 g/mol. The predicted octanol–water partition coefficient (Wildman–Crippen LogP) is 0.412. The van der Waals surface area contributed by atoms with Gasteiger partial charge in [-0.2, -0.15) is 0 Å². The zero-order chi connectivity index (χ0) is 13.8. The van der Waals surface area contributed by atoms with Crippen LogP contribution in [0.1, 0.15) is 35.1 Å². The van der Waals surface area contributed by atoms with Crippen molar-refractivity contribution in [1.82, 2.24) is 19.4 Å². The zero-order valence-electron chi connectivity index (χ0n) is 11.4. The summed E-state index contributed by atoms with van der Waals surface area (Å²) in [4.78, 5) is 17.1. The second-order valence-corrected chi connectivity index (χ2v) is 5.75. The Hall–Kier alpha value is -1.05. The van der Waals surface area contributed by atoms with Crippen molar-refractivity contribution in [3.05, 3.63) is 10.6 Å². The van der Waals surface area contributed by atoms with Crippen LogP contribution in [0.4, 0.5) is 0 Å². The molecule has 1 aromatic heterocycles. The number of carbonyl (C=O) groups is 1. The summed E-state index contributed by atoms with van der Waals surface area (Å²) in [6.07, 6.45) is 0. The summed E-state index contributed by atoms with van der Waals surface area (Å²) in [6, 6.07) is 0. The van der Waals surface area contributed by atoms with E-state index in [4.69, 9.17) is 5.11 Å². The monoisotopic (exact) mass is 284 g/mol. The predicted molar refractivity (Wildman–Crippen MR) is 73.4 cm³/mol. The Labute approximate surface area is 117 Å². The number of aliphatic hydroxyl groups excluding tert-OH is 1. The third-order valence-corrected chi connectivity index (χ3v) is 4.06. The van der Waals surface area contributed by atoms with Crippen LogP contribution in [0.3, 0.4) is 0 Å². The van der Waals surface area contributed by atoms with E-state index in [2.05, 4.69) is 14.5 Å². The highest BCUT2D eigenvalue weighted by molar-refractivity contribution is 7.08. The minimum absolute atomic E-state index is 0.0438. The Morgan fingerprint density at radius 3 is 2.63 bits per heavy atom. The fourth-order valence-corrected chi connectivity index (χ4v) is 2.97. The molecular formula is C12H20N4O2S. The van der Waals surface area contributed by atoms with Gasteiger partial charge in [-0.1, -0.05) is 18.3 Å². The maximum Gasteiger partial charge on any atom is 0.267 e. The van der Waals surface area contributed by atoms with Crippen LogP contribution >= 0.6 is 11.5 Å². The van der Waals surface area contributed by atoms with E-state index in [1.54, 1.807) is 0 Å². The lowest BCUT2D eigenvalue weighted by Crippen LogP contribution is -2.49. The zero-order valence-corrected chi connectivity index (χ0v) is 12.2. The quantitative estimate of drug-likeness (QED) is 0.867. The Balaban J connectivity index is 1.99. The molecule has 7 heteroatoms. The summed E-state index contributed by atoms with van der Waals surface area (Å²) in [5.74, 6) is 0.260. The first kappa shape index (κ1) is 14.4. The van der Waals surface area contributed by atoms with Gasteiger partial charge >= 0.3 is 0 Å². The Morgan fingerprint density at radius 1 is 1.37 bits per heavy atom. The third-order valence-electron chi connectivity index (χ3n) is 3.33. The lowest BCUT2D eigenvalue weighted by molar-refractivity contribution is 0.0618. The van der Waals surface area contributed by atoms with Crippen LogP contribution in [0.15, 0.2) is 0 Å². The number of β-amino-alcohol motifs (C(OH)–C–C–N with tert-alkyl or cyclic N) is 1. The van der Waals surface area contributed by atoms with Crippen LogP contribution in [-0.2, 0) is 0 Å². The summed E-state index contributed by atoms with van der Waals surface area (Å²) in [5, 5.41) is 13.0. The third kappa shape index (κ3) is 3.29. The molecule has 1 aliphatic heterocycles. The van der Waals surface area contributed by atoms with E-state index in [1.807, 2.05) is 18.7 Å². The van der Waals surface area contributed by atoms with Crippen LogP contribution < -0.4 is 0 Å². The number of aromatic nitrogens is 2. The van der Waals surface area contributed by atoms with E-state index in [0.717, 1.165) is 18.8 Å². The first-order valence-electron chi connectivity index (χ1n) is 6.58. The average molecular weight is 284 g/mol. The standard InChI is InChI=1S/C12H20N4O2S/c1-9(2)10-11(19-14-13-10)12(18)16-5-3-15(4-6-16)7-8-17/h9,17H,3-8H2,1-2H3. The van der Waals surface area contributed by atoms with Crippen LogP contribution in [0.2, 0.25) is 0 Å². The first-order valence-corrected chi connectivity index (χ1v) is 7.35. The lowest BCUT2D eigenvalue weighted by atomic mass is 10.1. The summed E-state index contributed by atoms with van der Waals surface area (Å²) in [6.45, 7) is 7.93. The number of hydrogen-bond acceptors (Lipinski definition) is 6. The fraction of sp³-hybridized carbons (Fsp3) is 0.750. The molecule has 6 nitrogen and oxygen atoms in total. The molecule has 1 N–H and O–H groups in total. The summed E-state index contributed by atoms with van der Waals surface area (Å²) in [5.41, 5.74) is 0.799. The van der Waals surface area contributed by atoms with Crippen molar-refractivity contribution in [2.75, 3.05) is 39.3 Å². The highest BCUT2D eigenvalue weighted by Crippen LogP contribution is 2.21. The van der Waals surface area contributed by atoms with Gasteiger partial charge in [0.05, 0.1) is 12.3 Å². The molecule has 0 radical (unpaired) electrons. The van der Waals surface area contributed by atoms with Gasteiger partial charge in [-0.3, -0.25) is 9.69 Å². The molecule has 19 heavy (non-hydrogen) atoms. The number of aliphatic hydroxyl groups is 1. The lowest BCUT2D eigenvalue weighted by Gasteiger charge is -2.34. The van der Waals surface area contributed by atoms with Gasteiger partial charge in [0.15, 0.2) is 0 Å². The van der Waals surface area contributed by atoms with Crippen LogP contribution in [0.25, 0.3) is 0 Å². The van der Waals surface area contributed by atoms with E-state index in [9.17, 15) is 4.79 Å². The van der Waals surface area contributed by atoms with Crippen molar-refractivity contribution in [2.45, 2.75) is 19.8 Å². The number of hydrogen-bond donors (Lipinski definition) is 1. The van der Waals surface area contributed by atoms with Crippen LogP contribution in [0.5, 0.6) is 0 Å². The van der Waals surface area contributed by atoms with Crippen molar-refractivity contribution >= 4 is 17.4 Å². The van der Waals surface area contributed by atoms with Gasteiger partial charge in [0.25, 0.3) is 5.91 Å². The minimum atomic E-state index is 0.0438. The van der Waals surface area contributed by atoms with E-state index >= 15 is 0 Å². The minimum Gasteiger partial charge on any atom is -0.395 e. The van der Waals surface area contributed by atoms with Crippen molar-refractivity contribution in [1.29, 1.82) is 0 Å². The van der Waals surface area contributed by atoms with Crippen molar-refractivity contribution in [3.8, 4) is 0 Å². The molecule has 0 bridgehead atoms. The summed E-state index contributed by atoms with van der Waals surface area (Å²) in [7, 11) is 0. The molecule has 2 rings (SSSR count). The van der Waals surface area contributed by atoms with Crippen molar-refractivity contribution < 1.29 is 9.90 Å². The highest BCUT2D eigenvalue weighted by Gasteiger charge is 2.26. The molecule has 1 amide bonds. The topological polar surface area (TPSA) is 69.6 Å². The molecule has 0 saturated carbocycles. The molecule has 0 unspecified atom stereocenters. The molecule has 2 heterocycles. The van der Waals surface area contributed by atoms with Crippen molar-refractivity contribution in [2.24, 2.45) is 0 Å². The molecule has 1 saturated heterocycles. The van der Waals surface area contributed by atoms with E-state index < -0.39 is 0 Å². The molecule has 1 fully saturated rings. The maximum absolute atomic E-state index is 12.4. The second-order valence-electron chi connectivity index (χ2n) is 5.00. The number of carbonyl (C=O) groups excluding carboxylic acids is 1. The Bertz CT molecular complexity index is 427.